The third-order valence-electron chi connectivity index (χ3n) is 3.17. The van der Waals surface area contributed by atoms with Gasteiger partial charge >= 0.3 is 0 Å². The molecular weight excluding hydrogens is 308 g/mol. The predicted octanol–water partition coefficient (Wildman–Crippen LogP) is 3.93. The first kappa shape index (κ1) is 14.0. The third-order valence-corrected chi connectivity index (χ3v) is 4.80. The molecule has 0 amide bonds. The van der Waals surface area contributed by atoms with Gasteiger partial charge in [0.1, 0.15) is 0 Å². The van der Waals surface area contributed by atoms with Crippen LogP contribution < -0.4 is 4.72 Å². The lowest BCUT2D eigenvalue weighted by Crippen LogP contribution is -2.12. The van der Waals surface area contributed by atoms with E-state index in [1.54, 1.807) is 24.3 Å². The van der Waals surface area contributed by atoms with Crippen molar-refractivity contribution in [1.82, 2.24) is 4.98 Å². The van der Waals surface area contributed by atoms with Gasteiger partial charge in [-0.3, -0.25) is 4.72 Å². The van der Waals surface area contributed by atoms with Crippen molar-refractivity contribution in [2.75, 3.05) is 4.72 Å². The van der Waals surface area contributed by atoms with Crippen LogP contribution in [0.25, 0.3) is 10.9 Å². The SMILES string of the molecule is Cc1cc2c(NS(=O)(=O)c3ccc(Cl)cc3)cccc2[nH]1. The third kappa shape index (κ3) is 2.75. The van der Waals surface area contributed by atoms with Crippen molar-refractivity contribution in [3.05, 3.63) is 59.2 Å². The van der Waals surface area contributed by atoms with Crippen LogP contribution in [0.3, 0.4) is 0 Å². The minimum atomic E-state index is -3.63. The first-order valence-corrected chi connectivity index (χ1v) is 8.18. The standard InChI is InChI=1S/C15H13ClN2O2S/c1-10-9-13-14(17-10)3-2-4-15(13)18-21(19,20)12-7-5-11(16)6-8-12/h2-9,17-18H,1H3. The van der Waals surface area contributed by atoms with Gasteiger partial charge in [-0.2, -0.15) is 0 Å². The topological polar surface area (TPSA) is 62.0 Å². The second kappa shape index (κ2) is 5.09. The molecule has 1 aromatic heterocycles. The first-order valence-electron chi connectivity index (χ1n) is 6.32. The number of hydrogen-bond acceptors (Lipinski definition) is 2. The van der Waals surface area contributed by atoms with Gasteiger partial charge in [-0.15, -0.1) is 0 Å². The van der Waals surface area contributed by atoms with E-state index in [9.17, 15) is 8.42 Å². The summed E-state index contributed by atoms with van der Waals surface area (Å²) in [6, 6.07) is 13.4. The highest BCUT2D eigenvalue weighted by Gasteiger charge is 2.15. The summed E-state index contributed by atoms with van der Waals surface area (Å²) in [6.07, 6.45) is 0. The molecule has 0 spiro atoms. The van der Waals surface area contributed by atoms with Gasteiger partial charge in [-0.25, -0.2) is 8.42 Å². The molecule has 4 nitrogen and oxygen atoms in total. The molecule has 0 aliphatic carbocycles. The van der Waals surface area contributed by atoms with Gasteiger partial charge in [0.2, 0.25) is 0 Å². The highest BCUT2D eigenvalue weighted by Crippen LogP contribution is 2.26. The van der Waals surface area contributed by atoms with Crippen LogP contribution >= 0.6 is 11.6 Å². The monoisotopic (exact) mass is 320 g/mol. The Balaban J connectivity index is 2.03. The summed E-state index contributed by atoms with van der Waals surface area (Å²) in [6.45, 7) is 1.93. The number of H-pyrrole nitrogens is 1. The molecule has 2 aromatic carbocycles. The Bertz CT molecular complexity index is 899. The summed E-state index contributed by atoms with van der Waals surface area (Å²) >= 11 is 5.78. The van der Waals surface area contributed by atoms with E-state index < -0.39 is 10.0 Å². The quantitative estimate of drug-likeness (QED) is 0.768. The number of benzene rings is 2. The highest BCUT2D eigenvalue weighted by atomic mass is 35.5. The van der Waals surface area contributed by atoms with Crippen molar-refractivity contribution in [2.24, 2.45) is 0 Å². The number of aromatic amines is 1. The van der Waals surface area contributed by atoms with Crippen LogP contribution in [-0.2, 0) is 10.0 Å². The fraction of sp³-hybridized carbons (Fsp3) is 0.0667. The Morgan fingerprint density at radius 1 is 1.10 bits per heavy atom. The van der Waals surface area contributed by atoms with E-state index in [0.29, 0.717) is 10.7 Å². The van der Waals surface area contributed by atoms with E-state index in [-0.39, 0.29) is 4.90 Å². The molecule has 0 radical (unpaired) electrons. The molecule has 108 valence electrons. The molecule has 3 rings (SSSR count). The zero-order valence-corrected chi connectivity index (χ0v) is 12.8. The average molecular weight is 321 g/mol. The normalized spacial score (nSPS) is 11.7. The molecule has 0 unspecified atom stereocenters. The molecule has 6 heteroatoms. The number of hydrogen-bond donors (Lipinski definition) is 2. The Morgan fingerprint density at radius 3 is 2.52 bits per heavy atom. The van der Waals surface area contributed by atoms with Gasteiger partial charge in [0, 0.05) is 21.6 Å². The van der Waals surface area contributed by atoms with Crippen LogP contribution in [0.2, 0.25) is 5.02 Å². The molecule has 0 aliphatic rings. The van der Waals surface area contributed by atoms with Crippen LogP contribution in [0.1, 0.15) is 5.69 Å². The second-order valence-electron chi connectivity index (χ2n) is 4.78. The molecule has 0 bridgehead atoms. The highest BCUT2D eigenvalue weighted by molar-refractivity contribution is 7.92. The van der Waals surface area contributed by atoms with E-state index in [1.807, 2.05) is 19.1 Å². The minimum absolute atomic E-state index is 0.177. The maximum Gasteiger partial charge on any atom is 0.261 e. The molecule has 0 atom stereocenters. The number of aromatic nitrogens is 1. The summed E-state index contributed by atoms with van der Waals surface area (Å²) in [5, 5.41) is 1.34. The Morgan fingerprint density at radius 2 is 1.81 bits per heavy atom. The van der Waals surface area contributed by atoms with Gasteiger partial charge in [-0.1, -0.05) is 17.7 Å². The smallest absolute Gasteiger partial charge is 0.261 e. The second-order valence-corrected chi connectivity index (χ2v) is 6.90. The molecule has 21 heavy (non-hydrogen) atoms. The van der Waals surface area contributed by atoms with Crippen molar-refractivity contribution in [3.8, 4) is 0 Å². The number of fused-ring (bicyclic) bond motifs is 1. The van der Waals surface area contributed by atoms with Gasteiger partial charge in [0.15, 0.2) is 0 Å². The summed E-state index contributed by atoms with van der Waals surface area (Å²) in [5.74, 6) is 0. The lowest BCUT2D eigenvalue weighted by molar-refractivity contribution is 0.601. The Labute approximate surface area is 127 Å². The molecule has 1 heterocycles. The van der Waals surface area contributed by atoms with E-state index in [1.165, 1.54) is 12.1 Å². The summed E-state index contributed by atoms with van der Waals surface area (Å²) < 4.78 is 27.4. The fourth-order valence-electron chi connectivity index (χ4n) is 2.20. The minimum Gasteiger partial charge on any atom is -0.359 e. The van der Waals surface area contributed by atoms with Crippen LogP contribution in [0.5, 0.6) is 0 Å². The van der Waals surface area contributed by atoms with Crippen LogP contribution in [0.15, 0.2) is 53.4 Å². The number of nitrogens with one attached hydrogen (secondary N) is 2. The molecule has 0 fully saturated rings. The van der Waals surface area contributed by atoms with Crippen molar-refractivity contribution < 1.29 is 8.42 Å². The Hall–Kier alpha value is -1.98. The van der Waals surface area contributed by atoms with E-state index >= 15 is 0 Å². The zero-order chi connectivity index (χ0) is 15.0. The van der Waals surface area contributed by atoms with Crippen molar-refractivity contribution in [2.45, 2.75) is 11.8 Å². The number of rotatable bonds is 3. The van der Waals surface area contributed by atoms with Gasteiger partial charge in [-0.05, 0) is 49.4 Å². The van der Waals surface area contributed by atoms with E-state index in [0.717, 1.165) is 16.6 Å². The Kier molecular flexibility index (Phi) is 3.39. The molecular formula is C15H13ClN2O2S. The summed E-state index contributed by atoms with van der Waals surface area (Å²) in [4.78, 5) is 3.36. The molecule has 0 aliphatic heterocycles. The van der Waals surface area contributed by atoms with Gasteiger partial charge in [0.25, 0.3) is 10.0 Å². The molecule has 3 aromatic rings. The van der Waals surface area contributed by atoms with Crippen molar-refractivity contribution in [3.63, 3.8) is 0 Å². The molecule has 2 N–H and O–H groups in total. The summed E-state index contributed by atoms with van der Waals surface area (Å²) in [5.41, 5.74) is 2.42. The van der Waals surface area contributed by atoms with Gasteiger partial charge < -0.3 is 4.98 Å². The largest absolute Gasteiger partial charge is 0.359 e. The average Bonchev–Trinajstić information content (AvgIpc) is 2.80. The zero-order valence-electron chi connectivity index (χ0n) is 11.2. The lowest BCUT2D eigenvalue weighted by Gasteiger charge is -2.09. The van der Waals surface area contributed by atoms with E-state index in [2.05, 4.69) is 9.71 Å². The molecule has 0 saturated carbocycles. The van der Waals surface area contributed by atoms with Crippen molar-refractivity contribution in [1.29, 1.82) is 0 Å². The lowest BCUT2D eigenvalue weighted by atomic mass is 10.2. The predicted molar refractivity (Wildman–Crippen MR) is 85.3 cm³/mol. The van der Waals surface area contributed by atoms with E-state index in [4.69, 9.17) is 11.6 Å². The van der Waals surface area contributed by atoms with Crippen LogP contribution in [0.4, 0.5) is 5.69 Å². The first-order chi connectivity index (χ1) is 9.95. The maximum atomic E-state index is 12.4. The van der Waals surface area contributed by atoms with Crippen LogP contribution in [-0.4, -0.2) is 13.4 Å². The number of aryl methyl sites for hydroxylation is 1. The van der Waals surface area contributed by atoms with Crippen molar-refractivity contribution >= 4 is 38.2 Å². The molecule has 0 saturated heterocycles. The number of sulfonamides is 1. The maximum absolute atomic E-state index is 12.4. The number of halogens is 1. The summed E-state index contributed by atoms with van der Waals surface area (Å²) in [7, 11) is -3.63. The number of anilines is 1. The fourth-order valence-corrected chi connectivity index (χ4v) is 3.41. The van der Waals surface area contributed by atoms with Gasteiger partial charge in [0.05, 0.1) is 10.6 Å². The van der Waals surface area contributed by atoms with Crippen LogP contribution in [0, 0.1) is 6.92 Å².